The van der Waals surface area contributed by atoms with E-state index in [1.54, 1.807) is 33.5 Å². The molecule has 3 aliphatic rings. The van der Waals surface area contributed by atoms with Gasteiger partial charge in [0.25, 0.3) is 26.1 Å². The predicted molar refractivity (Wildman–Crippen MR) is 357 cm³/mol. The summed E-state index contributed by atoms with van der Waals surface area (Å²) in [6.45, 7) is 18.6. The molecule has 2 unspecified atom stereocenters. The summed E-state index contributed by atoms with van der Waals surface area (Å²) in [5.41, 5.74) is 3.33. The van der Waals surface area contributed by atoms with Crippen molar-refractivity contribution in [1.82, 2.24) is 5.06 Å². The van der Waals surface area contributed by atoms with Gasteiger partial charge in [-0.25, -0.2) is 4.79 Å². The van der Waals surface area contributed by atoms with Crippen molar-refractivity contribution in [2.75, 3.05) is 231 Å². The number of fused-ring (bicyclic) bond motifs is 2. The van der Waals surface area contributed by atoms with Crippen molar-refractivity contribution in [3.05, 3.63) is 95.9 Å². The quantitative estimate of drug-likeness (QED) is 0.0351. The maximum absolute atomic E-state index is 12.7. The van der Waals surface area contributed by atoms with Gasteiger partial charge in [0.1, 0.15) is 6.61 Å². The first-order valence-electron chi connectivity index (χ1n) is 32.8. The number of nitrogens with zero attached hydrogens (tertiary/aromatic N) is 3. The zero-order valence-corrected chi connectivity index (χ0v) is 58.8. The van der Waals surface area contributed by atoms with Gasteiger partial charge in [-0.15, -0.1) is 5.06 Å². The van der Waals surface area contributed by atoms with Crippen LogP contribution in [0.4, 0.5) is 11.4 Å². The third-order valence-corrected chi connectivity index (χ3v) is 17.5. The molecule has 0 aliphatic carbocycles. The fourth-order valence-corrected chi connectivity index (χ4v) is 11.7. The molecule has 2 aromatic rings. The second-order valence-corrected chi connectivity index (χ2v) is 25.5. The minimum absolute atomic E-state index is 0.0349. The zero-order valence-electron chi connectivity index (χ0n) is 57.2. The Morgan fingerprint density at radius 3 is 1.42 bits per heavy atom. The van der Waals surface area contributed by atoms with Crippen molar-refractivity contribution in [3.8, 4) is 0 Å². The maximum atomic E-state index is 12.7. The molecule has 548 valence electrons. The lowest BCUT2D eigenvalue weighted by atomic mass is 9.76. The van der Waals surface area contributed by atoms with E-state index < -0.39 is 37.0 Å². The smallest absolute Gasteiger partial charge is 0.335 e. The summed E-state index contributed by atoms with van der Waals surface area (Å²) in [6, 6.07) is 9.19. The first-order chi connectivity index (χ1) is 46.9. The minimum atomic E-state index is -4.59. The van der Waals surface area contributed by atoms with Crippen molar-refractivity contribution < 1.29 is 121 Å². The van der Waals surface area contributed by atoms with Crippen LogP contribution in [0.1, 0.15) is 63.5 Å². The number of carbonyl (C=O) groups excluding carboxylic acids is 2. The van der Waals surface area contributed by atoms with E-state index in [1.807, 2.05) is 38.2 Å². The Balaban J connectivity index is 1.30. The molecule has 1 saturated heterocycles. The van der Waals surface area contributed by atoms with Gasteiger partial charge < -0.3 is 85.5 Å². The van der Waals surface area contributed by atoms with Crippen LogP contribution < -0.4 is 4.90 Å². The van der Waals surface area contributed by atoms with E-state index in [1.165, 1.54) is 24.3 Å². The van der Waals surface area contributed by atoms with Crippen LogP contribution >= 0.6 is 0 Å². The monoisotopic (exact) mass is 1410 g/mol. The molecule has 28 nitrogen and oxygen atoms in total. The second-order valence-electron chi connectivity index (χ2n) is 22.7. The van der Waals surface area contributed by atoms with Gasteiger partial charge in [0.15, 0.2) is 12.3 Å². The fourth-order valence-electron chi connectivity index (χ4n) is 10.7. The Labute approximate surface area is 572 Å². The van der Waals surface area contributed by atoms with Crippen LogP contribution in [0.5, 0.6) is 0 Å². The molecule has 0 aromatic heterocycles. The average Bonchev–Trinajstić information content (AvgIpc) is 1.59. The number of anilines is 1. The Hall–Kier alpha value is -5.01. The Kier molecular flexibility index (Phi) is 39.6. The molecule has 2 atom stereocenters. The number of amides is 1. The molecule has 0 bridgehead atoms. The predicted octanol–water partition coefficient (Wildman–Crippen LogP) is 5.62. The number of hydroxylamine groups is 2. The highest BCUT2D eigenvalue weighted by Crippen LogP contribution is 2.51. The standard InChI is InChI=1S/C67H103N3O25S2/c1-55-13-18-64(71)70(55)95-65(72)19-24-82-35-40-90-51-52-94-44-39-86-28-23-69-61-17-15-57(97(76,77)78)54-59(61)67(3,21-26-84-37-42-92-49-46-88-33-30-80-5)63(69)12-10-8-7-9-11-62-66(2,20-25-83-36-41-91-48-45-87-32-29-79-4)58-53-56(96(73,74)75)14-16-60(58)68(62)22-27-85-38-43-93-50-47-89-34-31-81-6/h7-9,11-12,14-17,53-54H,1,10,13,18-52H2,2-6H3,(H-,73,74,75,76,77,78)/p+1. The van der Waals surface area contributed by atoms with Gasteiger partial charge >= 0.3 is 5.97 Å². The zero-order chi connectivity index (χ0) is 70.0. The summed E-state index contributed by atoms with van der Waals surface area (Å²) in [7, 11) is -4.35. The normalized spacial score (nSPS) is 17.8. The minimum Gasteiger partial charge on any atom is -0.382 e. The van der Waals surface area contributed by atoms with E-state index in [4.69, 9.17) is 80.6 Å². The molecule has 97 heavy (non-hydrogen) atoms. The number of rotatable bonds is 58. The van der Waals surface area contributed by atoms with E-state index in [0.29, 0.717) is 194 Å². The molecule has 0 saturated carbocycles. The van der Waals surface area contributed by atoms with E-state index in [0.717, 1.165) is 27.8 Å². The van der Waals surface area contributed by atoms with Crippen LogP contribution in [0.3, 0.4) is 0 Å². The number of carbonyl (C=O) groups is 2. The van der Waals surface area contributed by atoms with Crippen molar-refractivity contribution in [1.29, 1.82) is 0 Å². The number of benzene rings is 2. The van der Waals surface area contributed by atoms with Crippen LogP contribution in [-0.4, -0.2) is 279 Å². The summed E-state index contributed by atoms with van der Waals surface area (Å²) in [5.74, 6) is -0.895. The molecule has 1 amide bonds. The van der Waals surface area contributed by atoms with Crippen molar-refractivity contribution in [2.24, 2.45) is 0 Å². The highest BCUT2D eigenvalue weighted by Gasteiger charge is 2.48. The summed E-state index contributed by atoms with van der Waals surface area (Å²) in [4.78, 5) is 30.6. The molecule has 3 aliphatic heterocycles. The maximum Gasteiger partial charge on any atom is 0.335 e. The van der Waals surface area contributed by atoms with Gasteiger partial charge in [0, 0.05) is 82.0 Å². The highest BCUT2D eigenvalue weighted by atomic mass is 32.2. The molecule has 30 heteroatoms. The van der Waals surface area contributed by atoms with Crippen LogP contribution in [-0.2, 0) is 121 Å². The summed E-state index contributed by atoms with van der Waals surface area (Å²) in [6.07, 6.45) is 11.8. The third-order valence-electron chi connectivity index (χ3n) is 15.8. The largest absolute Gasteiger partial charge is 0.382 e. The number of allylic oxidation sites excluding steroid dienone is 7. The molecule has 2 aromatic carbocycles. The SMILES string of the molecule is C=C1CCC(=O)N1OC(=O)CCOCCOCCOCCOCCN1C(=CCC=CC=CC2=[N+](CCOCCOCCOCCOC)c3ccc(S(=O)(=O)O)cc3C2(C)CCOCCOCCOCCOC)C(C)(CCOCCOCCOCCOC)c2cc(S(=O)(=O)O)ccc21. The topological polar surface area (TPSA) is 309 Å². The number of methoxy groups -OCH3 is 3. The van der Waals surface area contributed by atoms with Gasteiger partial charge in [-0.2, -0.15) is 21.4 Å². The summed E-state index contributed by atoms with van der Waals surface area (Å²) in [5, 5.41) is 0.940. The van der Waals surface area contributed by atoms with Crippen molar-refractivity contribution in [2.45, 2.75) is 73.0 Å². The first-order valence-corrected chi connectivity index (χ1v) is 35.7. The molecule has 0 radical (unpaired) electrons. The van der Waals surface area contributed by atoms with Gasteiger partial charge in [-0.1, -0.05) is 30.9 Å². The summed E-state index contributed by atoms with van der Waals surface area (Å²) >= 11 is 0. The molecule has 0 spiro atoms. The van der Waals surface area contributed by atoms with Crippen LogP contribution in [0.15, 0.2) is 94.5 Å². The van der Waals surface area contributed by atoms with Crippen LogP contribution in [0.2, 0.25) is 0 Å². The Morgan fingerprint density at radius 1 is 0.536 bits per heavy atom. The lowest BCUT2D eigenvalue weighted by Crippen LogP contribution is -2.33. The number of hydrogen-bond donors (Lipinski definition) is 2. The van der Waals surface area contributed by atoms with E-state index in [2.05, 4.69) is 22.1 Å². The average molecular weight is 1420 g/mol. The van der Waals surface area contributed by atoms with Gasteiger partial charge in [-0.3, -0.25) is 13.9 Å². The fraction of sp³-hybridized carbons (Fsp3) is 0.657. The van der Waals surface area contributed by atoms with Crippen LogP contribution in [0.25, 0.3) is 0 Å². The molecular formula is C67H104N3O25S2+. The third kappa shape index (κ3) is 29.2. The van der Waals surface area contributed by atoms with Crippen molar-refractivity contribution >= 4 is 49.2 Å². The first kappa shape index (κ1) is 82.7. The van der Waals surface area contributed by atoms with Gasteiger partial charge in [0.2, 0.25) is 5.69 Å². The summed E-state index contributed by atoms with van der Waals surface area (Å²) < 4.78 is 163. The van der Waals surface area contributed by atoms with Gasteiger partial charge in [-0.05, 0) is 75.4 Å². The lowest BCUT2D eigenvalue weighted by Gasteiger charge is -2.30. The molecule has 3 heterocycles. The molecule has 1 fully saturated rings. The second kappa shape index (κ2) is 46.4. The Morgan fingerprint density at radius 2 is 0.959 bits per heavy atom. The van der Waals surface area contributed by atoms with Crippen LogP contribution in [0, 0.1) is 0 Å². The molecule has 5 rings (SSSR count). The lowest BCUT2D eigenvalue weighted by molar-refractivity contribution is -0.442. The highest BCUT2D eigenvalue weighted by molar-refractivity contribution is 7.86. The van der Waals surface area contributed by atoms with E-state index >= 15 is 0 Å². The number of hydrogen-bond acceptors (Lipinski definition) is 24. The van der Waals surface area contributed by atoms with E-state index in [-0.39, 0.29) is 81.4 Å². The molecule has 2 N–H and O–H groups in total. The van der Waals surface area contributed by atoms with Gasteiger partial charge in [0.05, 0.1) is 199 Å². The Bertz CT molecular complexity index is 3000. The van der Waals surface area contributed by atoms with Crippen molar-refractivity contribution in [3.63, 3.8) is 0 Å². The molecular weight excluding hydrogens is 1310 g/mol. The number of ether oxygens (including phenoxy) is 16. The van der Waals surface area contributed by atoms with E-state index in [9.17, 15) is 35.5 Å².